The third kappa shape index (κ3) is 2.80. The van der Waals surface area contributed by atoms with Crippen LogP contribution in [0.15, 0.2) is 18.2 Å². The first kappa shape index (κ1) is 12.2. The van der Waals surface area contributed by atoms with E-state index in [4.69, 9.17) is 0 Å². The molecule has 0 atom stereocenters. The van der Waals surface area contributed by atoms with Gasteiger partial charge in [-0.15, -0.1) is 0 Å². The van der Waals surface area contributed by atoms with Gasteiger partial charge in [-0.25, -0.2) is 4.39 Å². The molecule has 1 aliphatic rings. The second kappa shape index (κ2) is 5.89. The van der Waals surface area contributed by atoms with Crippen LogP contribution in [0, 0.1) is 12.7 Å². The molecule has 0 nitrogen and oxygen atoms in total. The summed E-state index contributed by atoms with van der Waals surface area (Å²) in [6.07, 6.45) is 5.09. The van der Waals surface area contributed by atoms with E-state index in [1.54, 1.807) is 6.07 Å². The first-order chi connectivity index (χ1) is 7.29. The Morgan fingerprint density at radius 1 is 1.13 bits per heavy atom. The van der Waals surface area contributed by atoms with Crippen molar-refractivity contribution in [1.82, 2.24) is 0 Å². The molecule has 1 fully saturated rings. The summed E-state index contributed by atoms with van der Waals surface area (Å²) in [7, 11) is 0. The monoisotopic (exact) mass is 208 g/mol. The van der Waals surface area contributed by atoms with Crippen molar-refractivity contribution in [3.05, 3.63) is 35.1 Å². The summed E-state index contributed by atoms with van der Waals surface area (Å²) in [4.78, 5) is 0. The number of halogens is 1. The highest BCUT2D eigenvalue weighted by Gasteiger charge is 2.19. The van der Waals surface area contributed by atoms with Crippen molar-refractivity contribution >= 4 is 0 Å². The molecule has 1 heteroatoms. The molecule has 1 saturated carbocycles. The van der Waals surface area contributed by atoms with Gasteiger partial charge >= 0.3 is 0 Å². The third-order valence-electron chi connectivity index (χ3n) is 3.10. The van der Waals surface area contributed by atoms with Crippen LogP contribution in [0.25, 0.3) is 0 Å². The summed E-state index contributed by atoms with van der Waals surface area (Å²) in [5.74, 6) is 0.570. The average molecular weight is 208 g/mol. The maximum absolute atomic E-state index is 13.2. The number of benzene rings is 1. The van der Waals surface area contributed by atoms with E-state index >= 15 is 0 Å². The molecule has 0 spiro atoms. The molecule has 1 aromatic carbocycles. The second-order valence-electron chi connectivity index (χ2n) is 3.94. The molecule has 0 amide bonds. The van der Waals surface area contributed by atoms with E-state index in [0.29, 0.717) is 5.92 Å². The third-order valence-corrected chi connectivity index (χ3v) is 3.10. The fourth-order valence-corrected chi connectivity index (χ4v) is 2.30. The molecular weight excluding hydrogens is 187 g/mol. The summed E-state index contributed by atoms with van der Waals surface area (Å²) >= 11 is 0. The fraction of sp³-hybridized carbons (Fsp3) is 0.571. The zero-order valence-corrected chi connectivity index (χ0v) is 10.0. The molecule has 0 heterocycles. The predicted octanol–water partition coefficient (Wildman–Crippen LogP) is 4.82. The predicted molar refractivity (Wildman–Crippen MR) is 63.7 cm³/mol. The summed E-state index contributed by atoms with van der Waals surface area (Å²) in [6, 6.07) is 5.46. The highest BCUT2D eigenvalue weighted by atomic mass is 19.1. The zero-order valence-electron chi connectivity index (χ0n) is 10.0. The molecule has 0 aromatic heterocycles. The van der Waals surface area contributed by atoms with E-state index in [1.165, 1.54) is 31.2 Å². The van der Waals surface area contributed by atoms with Crippen LogP contribution < -0.4 is 0 Å². The summed E-state index contributed by atoms with van der Waals surface area (Å²) in [5.41, 5.74) is 2.09. The smallest absolute Gasteiger partial charge is 0.126 e. The lowest BCUT2D eigenvalue weighted by molar-refractivity contribution is 0.607. The Bertz CT molecular complexity index is 298. The molecule has 15 heavy (non-hydrogen) atoms. The molecule has 2 rings (SSSR count). The maximum Gasteiger partial charge on any atom is 0.126 e. The summed E-state index contributed by atoms with van der Waals surface area (Å²) in [5, 5.41) is 0. The van der Waals surface area contributed by atoms with Gasteiger partial charge in [-0.2, -0.15) is 0 Å². The Hall–Kier alpha value is -0.850. The lowest BCUT2D eigenvalue weighted by Gasteiger charge is -2.12. The van der Waals surface area contributed by atoms with Gasteiger partial charge in [0, 0.05) is 0 Å². The Morgan fingerprint density at radius 3 is 2.33 bits per heavy atom. The standard InChI is InChI=1S/C12H15F.C2H6/c1-9-11(7-4-8-12(9)13)10-5-2-3-6-10;1-2/h4,7-8,10H,2-3,5-6H2,1H3;1-2H3. The van der Waals surface area contributed by atoms with Gasteiger partial charge < -0.3 is 0 Å². The minimum Gasteiger partial charge on any atom is -0.207 e. The van der Waals surface area contributed by atoms with Gasteiger partial charge in [-0.05, 0) is 42.9 Å². The number of rotatable bonds is 1. The van der Waals surface area contributed by atoms with Crippen LogP contribution in [-0.4, -0.2) is 0 Å². The molecule has 0 radical (unpaired) electrons. The largest absolute Gasteiger partial charge is 0.207 e. The van der Waals surface area contributed by atoms with Crippen LogP contribution in [-0.2, 0) is 0 Å². The molecule has 0 unspecified atom stereocenters. The van der Waals surface area contributed by atoms with Gasteiger partial charge in [0.25, 0.3) is 0 Å². The first-order valence-corrected chi connectivity index (χ1v) is 6.04. The second-order valence-corrected chi connectivity index (χ2v) is 3.94. The van der Waals surface area contributed by atoms with Crippen LogP contribution in [0.3, 0.4) is 0 Å². The molecule has 0 bridgehead atoms. The molecule has 0 N–H and O–H groups in total. The van der Waals surface area contributed by atoms with Gasteiger partial charge in [0.2, 0.25) is 0 Å². The van der Waals surface area contributed by atoms with Crippen LogP contribution >= 0.6 is 0 Å². The zero-order chi connectivity index (χ0) is 11.3. The highest BCUT2D eigenvalue weighted by molar-refractivity contribution is 5.30. The summed E-state index contributed by atoms with van der Waals surface area (Å²) in [6.45, 7) is 5.89. The highest BCUT2D eigenvalue weighted by Crippen LogP contribution is 2.35. The normalized spacial score (nSPS) is 16.0. The Morgan fingerprint density at radius 2 is 1.73 bits per heavy atom. The molecular formula is C14H21F. The molecule has 84 valence electrons. The van der Waals surface area contributed by atoms with E-state index in [2.05, 4.69) is 6.07 Å². The van der Waals surface area contributed by atoms with Crippen molar-refractivity contribution < 1.29 is 4.39 Å². The van der Waals surface area contributed by atoms with Gasteiger partial charge in [0.05, 0.1) is 0 Å². The van der Waals surface area contributed by atoms with Crippen molar-refractivity contribution in [2.75, 3.05) is 0 Å². The SMILES string of the molecule is CC.Cc1c(F)cccc1C1CCCC1. The quantitative estimate of drug-likeness (QED) is 0.620. The Kier molecular flexibility index (Phi) is 4.80. The lowest BCUT2D eigenvalue weighted by atomic mass is 9.93. The van der Waals surface area contributed by atoms with E-state index in [1.807, 2.05) is 26.8 Å². The Balaban J connectivity index is 0.000000531. The van der Waals surface area contributed by atoms with Crippen molar-refractivity contribution in [1.29, 1.82) is 0 Å². The van der Waals surface area contributed by atoms with E-state index in [0.717, 1.165) is 5.56 Å². The maximum atomic E-state index is 13.2. The molecule has 1 aliphatic carbocycles. The van der Waals surface area contributed by atoms with Crippen LogP contribution in [0.4, 0.5) is 4.39 Å². The van der Waals surface area contributed by atoms with E-state index < -0.39 is 0 Å². The Labute approximate surface area is 92.5 Å². The molecule has 0 aliphatic heterocycles. The van der Waals surface area contributed by atoms with E-state index in [9.17, 15) is 4.39 Å². The van der Waals surface area contributed by atoms with Gasteiger partial charge in [-0.3, -0.25) is 0 Å². The lowest BCUT2D eigenvalue weighted by Crippen LogP contribution is -1.97. The number of hydrogen-bond acceptors (Lipinski definition) is 0. The van der Waals surface area contributed by atoms with E-state index in [-0.39, 0.29) is 5.82 Å². The van der Waals surface area contributed by atoms with Crippen molar-refractivity contribution in [3.63, 3.8) is 0 Å². The number of hydrogen-bond donors (Lipinski definition) is 0. The molecule has 1 aromatic rings. The fourth-order valence-electron chi connectivity index (χ4n) is 2.30. The van der Waals surface area contributed by atoms with Crippen molar-refractivity contribution in [3.8, 4) is 0 Å². The van der Waals surface area contributed by atoms with Crippen LogP contribution in [0.2, 0.25) is 0 Å². The minimum absolute atomic E-state index is 0.0515. The summed E-state index contributed by atoms with van der Waals surface area (Å²) < 4.78 is 13.2. The first-order valence-electron chi connectivity index (χ1n) is 6.04. The van der Waals surface area contributed by atoms with Crippen LogP contribution in [0.1, 0.15) is 56.6 Å². The van der Waals surface area contributed by atoms with Gasteiger partial charge in [-0.1, -0.05) is 38.8 Å². The van der Waals surface area contributed by atoms with Crippen LogP contribution in [0.5, 0.6) is 0 Å². The van der Waals surface area contributed by atoms with Crippen molar-refractivity contribution in [2.45, 2.75) is 52.4 Å². The topological polar surface area (TPSA) is 0 Å². The van der Waals surface area contributed by atoms with Gasteiger partial charge in [0.15, 0.2) is 0 Å². The minimum atomic E-state index is -0.0515. The average Bonchev–Trinajstić information content (AvgIpc) is 2.78. The van der Waals surface area contributed by atoms with Gasteiger partial charge in [0.1, 0.15) is 5.82 Å². The molecule has 0 saturated heterocycles. The van der Waals surface area contributed by atoms with Crippen molar-refractivity contribution in [2.24, 2.45) is 0 Å².